The van der Waals surface area contributed by atoms with Crippen molar-refractivity contribution < 1.29 is 14.3 Å². The summed E-state index contributed by atoms with van der Waals surface area (Å²) in [4.78, 5) is 23.8. The van der Waals surface area contributed by atoms with Crippen molar-refractivity contribution in [3.05, 3.63) is 88.9 Å². The van der Waals surface area contributed by atoms with Crippen molar-refractivity contribution >= 4 is 23.4 Å². The lowest BCUT2D eigenvalue weighted by molar-refractivity contribution is -0.130. The number of hydrogen-bond donors (Lipinski definition) is 2. The van der Waals surface area contributed by atoms with Crippen molar-refractivity contribution in [3.8, 4) is 22.9 Å². The van der Waals surface area contributed by atoms with Gasteiger partial charge in [-0.2, -0.15) is 5.26 Å². The first-order valence-electron chi connectivity index (χ1n) is 9.59. The lowest BCUT2D eigenvalue weighted by Gasteiger charge is -2.10. The van der Waals surface area contributed by atoms with Gasteiger partial charge in [-0.15, -0.1) is 0 Å². The Kier molecular flexibility index (Phi) is 7.63. The Bertz CT molecular complexity index is 1090. The van der Waals surface area contributed by atoms with Crippen LogP contribution in [0.1, 0.15) is 17.5 Å². The Labute approximate surface area is 185 Å². The predicted octanol–water partition coefficient (Wildman–Crippen LogP) is 4.04. The summed E-state index contributed by atoms with van der Waals surface area (Å²) in [5, 5.41) is 9.47. The average Bonchev–Trinajstić information content (AvgIpc) is 2.81. The summed E-state index contributed by atoms with van der Waals surface area (Å²) in [6.07, 6.45) is 0.672. The van der Waals surface area contributed by atoms with Gasteiger partial charge in [0.1, 0.15) is 5.75 Å². The lowest BCUT2D eigenvalue weighted by atomic mass is 10.0. The second kappa shape index (κ2) is 10.8. The SMILES string of the molecule is N#Cc1ccc(-c2ccc(OCC(=O)NNC(=O)CCc3ccccc3Cl)cc2)cc1. The summed E-state index contributed by atoms with van der Waals surface area (Å²) in [6.45, 7) is -0.235. The Morgan fingerprint density at radius 1 is 0.871 bits per heavy atom. The summed E-state index contributed by atoms with van der Waals surface area (Å²) in [7, 11) is 0. The number of nitriles is 1. The fraction of sp³-hybridized carbons (Fsp3) is 0.125. The topological polar surface area (TPSA) is 91.2 Å². The standard InChI is InChI=1S/C24H20ClN3O3/c25-22-4-2-1-3-20(22)11-14-23(29)27-28-24(30)16-31-21-12-9-19(10-13-21)18-7-5-17(15-26)6-8-18/h1-10,12-13H,11,14,16H2,(H,27,29)(H,28,30). The van der Waals surface area contributed by atoms with Crippen molar-refractivity contribution in [2.45, 2.75) is 12.8 Å². The zero-order valence-corrected chi connectivity index (χ0v) is 17.4. The second-order valence-electron chi connectivity index (χ2n) is 6.69. The van der Waals surface area contributed by atoms with Crippen LogP contribution >= 0.6 is 11.6 Å². The fourth-order valence-electron chi connectivity index (χ4n) is 2.82. The first-order chi connectivity index (χ1) is 15.0. The molecule has 0 aliphatic heterocycles. The molecule has 3 aromatic rings. The van der Waals surface area contributed by atoms with E-state index in [0.29, 0.717) is 22.8 Å². The molecule has 156 valence electrons. The van der Waals surface area contributed by atoms with Gasteiger partial charge in [0.15, 0.2) is 6.61 Å². The summed E-state index contributed by atoms with van der Waals surface area (Å²) < 4.78 is 5.45. The average molecular weight is 434 g/mol. The maximum atomic E-state index is 11.9. The number of nitrogens with one attached hydrogen (secondary N) is 2. The molecule has 2 amide bonds. The maximum absolute atomic E-state index is 11.9. The molecule has 0 saturated heterocycles. The molecule has 0 radical (unpaired) electrons. The van der Waals surface area contributed by atoms with E-state index in [9.17, 15) is 9.59 Å². The number of hydrazine groups is 1. The molecule has 31 heavy (non-hydrogen) atoms. The first kappa shape index (κ1) is 21.9. The molecular weight excluding hydrogens is 414 g/mol. The van der Waals surface area contributed by atoms with E-state index < -0.39 is 5.91 Å². The van der Waals surface area contributed by atoms with Crippen LogP contribution in [-0.4, -0.2) is 18.4 Å². The molecule has 0 aliphatic carbocycles. The number of benzene rings is 3. The number of aryl methyl sites for hydroxylation is 1. The monoisotopic (exact) mass is 433 g/mol. The number of nitrogens with zero attached hydrogens (tertiary/aromatic N) is 1. The van der Waals surface area contributed by atoms with E-state index >= 15 is 0 Å². The molecule has 7 heteroatoms. The highest BCUT2D eigenvalue weighted by Crippen LogP contribution is 2.22. The molecule has 6 nitrogen and oxygen atoms in total. The molecule has 0 saturated carbocycles. The highest BCUT2D eigenvalue weighted by Gasteiger charge is 2.08. The number of hydrogen-bond acceptors (Lipinski definition) is 4. The minimum absolute atomic E-state index is 0.196. The van der Waals surface area contributed by atoms with E-state index in [-0.39, 0.29) is 18.9 Å². The first-order valence-corrected chi connectivity index (χ1v) is 9.97. The van der Waals surface area contributed by atoms with E-state index in [1.54, 1.807) is 30.3 Å². The molecule has 0 spiro atoms. The Balaban J connectivity index is 1.40. The van der Waals surface area contributed by atoms with Crippen molar-refractivity contribution in [3.63, 3.8) is 0 Å². The lowest BCUT2D eigenvalue weighted by Crippen LogP contribution is -2.43. The van der Waals surface area contributed by atoms with Gasteiger partial charge >= 0.3 is 0 Å². The van der Waals surface area contributed by atoms with Gasteiger partial charge < -0.3 is 4.74 Å². The van der Waals surface area contributed by atoms with Crippen molar-refractivity contribution in [1.82, 2.24) is 10.9 Å². The van der Waals surface area contributed by atoms with Crippen LogP contribution in [0.4, 0.5) is 0 Å². The number of carbonyl (C=O) groups excluding carboxylic acids is 2. The van der Waals surface area contributed by atoms with E-state index in [1.807, 2.05) is 42.5 Å². The Morgan fingerprint density at radius 3 is 2.13 bits per heavy atom. The molecule has 0 fully saturated rings. The van der Waals surface area contributed by atoms with Crippen LogP contribution in [0, 0.1) is 11.3 Å². The molecule has 0 atom stereocenters. The molecule has 0 bridgehead atoms. The minimum Gasteiger partial charge on any atom is -0.484 e. The largest absolute Gasteiger partial charge is 0.484 e. The molecular formula is C24H20ClN3O3. The fourth-order valence-corrected chi connectivity index (χ4v) is 3.05. The van der Waals surface area contributed by atoms with Gasteiger partial charge in [0.25, 0.3) is 5.91 Å². The van der Waals surface area contributed by atoms with Gasteiger partial charge in [0, 0.05) is 11.4 Å². The summed E-state index contributed by atoms with van der Waals surface area (Å²) >= 11 is 6.06. The number of carbonyl (C=O) groups is 2. The van der Waals surface area contributed by atoms with Crippen molar-refractivity contribution in [2.75, 3.05) is 6.61 Å². The van der Waals surface area contributed by atoms with Gasteiger partial charge in [-0.1, -0.05) is 54.1 Å². The Hall–Kier alpha value is -3.82. The van der Waals surface area contributed by atoms with Gasteiger partial charge in [-0.25, -0.2) is 0 Å². The zero-order valence-electron chi connectivity index (χ0n) is 16.6. The quantitative estimate of drug-likeness (QED) is 0.550. The molecule has 3 aromatic carbocycles. The highest BCUT2D eigenvalue weighted by atomic mass is 35.5. The van der Waals surface area contributed by atoms with Crippen molar-refractivity contribution in [2.24, 2.45) is 0 Å². The third-order valence-electron chi connectivity index (χ3n) is 4.49. The number of rotatable bonds is 7. The van der Waals surface area contributed by atoms with Crippen LogP contribution in [0.2, 0.25) is 5.02 Å². The van der Waals surface area contributed by atoms with Crippen LogP contribution < -0.4 is 15.6 Å². The maximum Gasteiger partial charge on any atom is 0.276 e. The summed E-state index contributed by atoms with van der Waals surface area (Å²) in [6, 6.07) is 23.9. The number of halogens is 1. The van der Waals surface area contributed by atoms with Crippen LogP contribution in [0.15, 0.2) is 72.8 Å². The van der Waals surface area contributed by atoms with Crippen LogP contribution in [0.3, 0.4) is 0 Å². The van der Waals surface area contributed by atoms with Crippen LogP contribution in [0.5, 0.6) is 5.75 Å². The smallest absolute Gasteiger partial charge is 0.276 e. The van der Waals surface area contributed by atoms with E-state index in [2.05, 4.69) is 16.9 Å². The minimum atomic E-state index is -0.470. The van der Waals surface area contributed by atoms with Crippen LogP contribution in [0.25, 0.3) is 11.1 Å². The van der Waals surface area contributed by atoms with Gasteiger partial charge in [0.05, 0.1) is 11.6 Å². The second-order valence-corrected chi connectivity index (χ2v) is 7.10. The predicted molar refractivity (Wildman–Crippen MR) is 118 cm³/mol. The van der Waals surface area contributed by atoms with Crippen LogP contribution in [-0.2, 0) is 16.0 Å². The molecule has 2 N–H and O–H groups in total. The van der Waals surface area contributed by atoms with Gasteiger partial charge in [-0.05, 0) is 53.4 Å². The number of amides is 2. The summed E-state index contributed by atoms with van der Waals surface area (Å²) in [5.74, 6) is -0.264. The third kappa shape index (κ3) is 6.59. The molecule has 3 rings (SSSR count). The van der Waals surface area contributed by atoms with Gasteiger partial charge in [0.2, 0.25) is 5.91 Å². The molecule has 0 unspecified atom stereocenters. The van der Waals surface area contributed by atoms with E-state index in [0.717, 1.165) is 16.7 Å². The van der Waals surface area contributed by atoms with E-state index in [4.69, 9.17) is 21.6 Å². The molecule has 0 aromatic heterocycles. The highest BCUT2D eigenvalue weighted by molar-refractivity contribution is 6.31. The third-order valence-corrected chi connectivity index (χ3v) is 4.86. The number of ether oxygens (including phenoxy) is 1. The van der Waals surface area contributed by atoms with E-state index in [1.165, 1.54) is 0 Å². The Morgan fingerprint density at radius 2 is 1.48 bits per heavy atom. The molecule has 0 heterocycles. The van der Waals surface area contributed by atoms with Crippen molar-refractivity contribution in [1.29, 1.82) is 5.26 Å². The molecule has 0 aliphatic rings. The zero-order chi connectivity index (χ0) is 22.1. The summed E-state index contributed by atoms with van der Waals surface area (Å²) in [5.41, 5.74) is 8.11. The van der Waals surface area contributed by atoms with Gasteiger partial charge in [-0.3, -0.25) is 20.4 Å². The normalized spacial score (nSPS) is 10.1.